The average molecular weight is 269 g/mol. The lowest BCUT2D eigenvalue weighted by molar-refractivity contribution is 0.341. The molecule has 1 heterocycles. The largest absolute Gasteiger partial charge is 0.321 e. The Morgan fingerprint density at radius 3 is 2.67 bits per heavy atom. The van der Waals surface area contributed by atoms with Crippen LogP contribution in [-0.2, 0) is 5.54 Å². The minimum Gasteiger partial charge on any atom is -0.321 e. The van der Waals surface area contributed by atoms with Crippen LogP contribution in [0.25, 0.3) is 11.0 Å². The van der Waals surface area contributed by atoms with Gasteiger partial charge < -0.3 is 4.57 Å². The van der Waals surface area contributed by atoms with Gasteiger partial charge >= 0.3 is 0 Å². The van der Waals surface area contributed by atoms with E-state index in [1.165, 1.54) is 12.1 Å². The highest BCUT2D eigenvalue weighted by atomic mass is 35.5. The molecule has 0 amide bonds. The van der Waals surface area contributed by atoms with Crippen molar-refractivity contribution in [1.82, 2.24) is 9.55 Å². The van der Waals surface area contributed by atoms with Crippen molar-refractivity contribution in [3.63, 3.8) is 0 Å². The van der Waals surface area contributed by atoms with Crippen molar-refractivity contribution in [2.24, 2.45) is 0 Å². The molecule has 2 aromatic rings. The Morgan fingerprint density at radius 1 is 1.44 bits per heavy atom. The number of benzene rings is 1. The Labute approximate surface area is 112 Å². The summed E-state index contributed by atoms with van der Waals surface area (Å²) in [6.07, 6.45) is 0.951. The lowest BCUT2D eigenvalue weighted by Crippen LogP contribution is -2.27. The van der Waals surface area contributed by atoms with Crippen LogP contribution >= 0.6 is 11.6 Å². The van der Waals surface area contributed by atoms with Gasteiger partial charge in [-0.15, -0.1) is 11.6 Å². The van der Waals surface area contributed by atoms with Gasteiger partial charge in [-0.25, -0.2) is 9.37 Å². The molecule has 0 saturated carbocycles. The first-order valence-corrected chi connectivity index (χ1v) is 6.63. The zero-order chi connectivity index (χ0) is 13.5. The third kappa shape index (κ3) is 2.12. The molecular weight excluding hydrogens is 251 g/mol. The second kappa shape index (κ2) is 4.54. The molecule has 2 nitrogen and oxygen atoms in total. The minimum absolute atomic E-state index is 0.0922. The Bertz CT molecular complexity index is 572. The summed E-state index contributed by atoms with van der Waals surface area (Å²) < 4.78 is 15.4. The predicted molar refractivity (Wildman–Crippen MR) is 73.6 cm³/mol. The molecule has 0 bridgehead atoms. The van der Waals surface area contributed by atoms with Gasteiger partial charge in [-0.2, -0.15) is 0 Å². The van der Waals surface area contributed by atoms with Gasteiger partial charge in [0.05, 0.1) is 16.4 Å². The van der Waals surface area contributed by atoms with E-state index in [4.69, 9.17) is 11.6 Å². The van der Waals surface area contributed by atoms with Gasteiger partial charge in [-0.3, -0.25) is 0 Å². The molecule has 1 atom stereocenters. The molecule has 0 radical (unpaired) electrons. The van der Waals surface area contributed by atoms with Gasteiger partial charge in [0.1, 0.15) is 11.6 Å². The minimum atomic E-state index is -0.268. The lowest BCUT2D eigenvalue weighted by Gasteiger charge is -2.28. The van der Waals surface area contributed by atoms with E-state index in [1.807, 2.05) is 6.92 Å². The number of halogens is 2. The molecule has 1 aromatic heterocycles. The molecule has 1 unspecified atom stereocenters. The summed E-state index contributed by atoms with van der Waals surface area (Å²) in [6.45, 7) is 8.29. The summed E-state index contributed by atoms with van der Waals surface area (Å²) in [4.78, 5) is 4.48. The number of nitrogens with zero attached hydrogens (tertiary/aromatic N) is 2. The van der Waals surface area contributed by atoms with Crippen LogP contribution in [0.15, 0.2) is 18.2 Å². The quantitative estimate of drug-likeness (QED) is 0.743. The highest BCUT2D eigenvalue weighted by molar-refractivity contribution is 6.20. The van der Waals surface area contributed by atoms with Crippen molar-refractivity contribution >= 4 is 22.6 Å². The van der Waals surface area contributed by atoms with Crippen molar-refractivity contribution < 1.29 is 4.39 Å². The smallest absolute Gasteiger partial charge is 0.128 e. The molecule has 0 fully saturated rings. The number of imidazole rings is 1. The van der Waals surface area contributed by atoms with Gasteiger partial charge in [-0.1, -0.05) is 6.92 Å². The molecule has 0 spiro atoms. The van der Waals surface area contributed by atoms with E-state index in [9.17, 15) is 4.39 Å². The molecule has 98 valence electrons. The molecule has 0 aliphatic rings. The molecule has 0 N–H and O–H groups in total. The van der Waals surface area contributed by atoms with Gasteiger partial charge in [0, 0.05) is 11.6 Å². The van der Waals surface area contributed by atoms with Gasteiger partial charge in [0.25, 0.3) is 0 Å². The van der Waals surface area contributed by atoms with Crippen molar-refractivity contribution in [3.05, 3.63) is 29.8 Å². The van der Waals surface area contributed by atoms with E-state index >= 15 is 0 Å². The van der Waals surface area contributed by atoms with Crippen molar-refractivity contribution in [2.75, 3.05) is 0 Å². The van der Waals surface area contributed by atoms with E-state index in [-0.39, 0.29) is 16.7 Å². The summed E-state index contributed by atoms with van der Waals surface area (Å²) >= 11 is 6.21. The molecule has 0 saturated heterocycles. The topological polar surface area (TPSA) is 17.8 Å². The van der Waals surface area contributed by atoms with Crippen LogP contribution in [0.2, 0.25) is 0 Å². The van der Waals surface area contributed by atoms with Crippen molar-refractivity contribution in [2.45, 2.75) is 45.0 Å². The second-order valence-electron chi connectivity index (χ2n) is 5.22. The number of alkyl halides is 1. The Morgan fingerprint density at radius 2 is 2.11 bits per heavy atom. The summed E-state index contributed by atoms with van der Waals surface area (Å²) in [5.74, 6) is 0.527. The first kappa shape index (κ1) is 13.3. The van der Waals surface area contributed by atoms with Gasteiger partial charge in [0.15, 0.2) is 0 Å². The van der Waals surface area contributed by atoms with E-state index in [0.717, 1.165) is 17.8 Å². The van der Waals surface area contributed by atoms with Crippen molar-refractivity contribution in [3.8, 4) is 0 Å². The van der Waals surface area contributed by atoms with Crippen LogP contribution in [0, 0.1) is 5.82 Å². The molecule has 4 heteroatoms. The molecule has 0 aliphatic carbocycles. The highest BCUT2D eigenvalue weighted by Gasteiger charge is 2.26. The lowest BCUT2D eigenvalue weighted by atomic mass is 10.0. The Balaban J connectivity index is 2.79. The van der Waals surface area contributed by atoms with E-state index in [0.29, 0.717) is 5.52 Å². The third-order valence-electron chi connectivity index (χ3n) is 3.47. The summed E-state index contributed by atoms with van der Waals surface area (Å²) in [5.41, 5.74) is 1.51. The third-order valence-corrected chi connectivity index (χ3v) is 3.66. The van der Waals surface area contributed by atoms with E-state index < -0.39 is 0 Å². The number of aromatic nitrogens is 2. The molecular formula is C14H18ClFN2. The van der Waals surface area contributed by atoms with Crippen LogP contribution in [0.4, 0.5) is 4.39 Å². The van der Waals surface area contributed by atoms with Crippen LogP contribution in [0.5, 0.6) is 0 Å². The number of hydrogen-bond acceptors (Lipinski definition) is 1. The maximum Gasteiger partial charge on any atom is 0.128 e. The maximum absolute atomic E-state index is 13.3. The van der Waals surface area contributed by atoms with E-state index in [2.05, 4.69) is 30.3 Å². The Kier molecular flexibility index (Phi) is 3.37. The fraction of sp³-hybridized carbons (Fsp3) is 0.500. The number of rotatable bonds is 3. The molecule has 1 aromatic carbocycles. The number of hydrogen-bond donors (Lipinski definition) is 0. The Hall–Kier alpha value is -1.09. The summed E-state index contributed by atoms with van der Waals surface area (Å²) in [7, 11) is 0. The fourth-order valence-electron chi connectivity index (χ4n) is 2.13. The summed E-state index contributed by atoms with van der Waals surface area (Å²) in [5, 5.41) is -0.203. The fourth-order valence-corrected chi connectivity index (χ4v) is 2.28. The van der Waals surface area contributed by atoms with Crippen LogP contribution < -0.4 is 0 Å². The summed E-state index contributed by atoms with van der Waals surface area (Å²) in [6, 6.07) is 4.70. The monoisotopic (exact) mass is 268 g/mol. The van der Waals surface area contributed by atoms with Crippen LogP contribution in [-0.4, -0.2) is 9.55 Å². The first-order chi connectivity index (χ1) is 8.36. The average Bonchev–Trinajstić information content (AvgIpc) is 2.68. The standard InChI is InChI=1S/C14H18ClFN2/c1-5-14(3,4)18-12-7-6-10(16)8-11(12)17-13(18)9(2)15/h6-9H,5H2,1-4H3. The maximum atomic E-state index is 13.3. The highest BCUT2D eigenvalue weighted by Crippen LogP contribution is 2.32. The predicted octanol–water partition coefficient (Wildman–Crippen LogP) is 4.62. The zero-order valence-corrected chi connectivity index (χ0v) is 11.9. The van der Waals surface area contributed by atoms with Gasteiger partial charge in [-0.05, 0) is 39.3 Å². The molecule has 18 heavy (non-hydrogen) atoms. The van der Waals surface area contributed by atoms with E-state index in [1.54, 1.807) is 6.07 Å². The van der Waals surface area contributed by atoms with Crippen LogP contribution in [0.1, 0.15) is 45.3 Å². The zero-order valence-electron chi connectivity index (χ0n) is 11.2. The first-order valence-electron chi connectivity index (χ1n) is 6.19. The second-order valence-corrected chi connectivity index (χ2v) is 5.88. The van der Waals surface area contributed by atoms with Crippen LogP contribution in [0.3, 0.4) is 0 Å². The van der Waals surface area contributed by atoms with Gasteiger partial charge in [0.2, 0.25) is 0 Å². The normalized spacial score (nSPS) is 14.1. The number of fused-ring (bicyclic) bond motifs is 1. The van der Waals surface area contributed by atoms with Crippen molar-refractivity contribution in [1.29, 1.82) is 0 Å². The molecule has 2 rings (SSSR count). The SMILES string of the molecule is CCC(C)(C)n1c(C(C)Cl)nc2cc(F)ccc21. The molecule has 0 aliphatic heterocycles.